The second kappa shape index (κ2) is 8.86. The molecule has 0 aliphatic carbocycles. The number of rotatable bonds is 5. The number of carbonyl (C=O) groups excluding carboxylic acids is 1. The first-order valence-corrected chi connectivity index (χ1v) is 10.5. The van der Waals surface area contributed by atoms with Crippen LogP contribution in [0.15, 0.2) is 87.9 Å². The number of hydrazone groups is 1. The van der Waals surface area contributed by atoms with Gasteiger partial charge in [0.2, 0.25) is 0 Å². The maximum absolute atomic E-state index is 13.0. The van der Waals surface area contributed by atoms with Crippen LogP contribution in [0.25, 0.3) is 6.08 Å². The summed E-state index contributed by atoms with van der Waals surface area (Å²) in [4.78, 5) is 13.0. The summed E-state index contributed by atoms with van der Waals surface area (Å²) in [5.74, 6) is 0.504. The van der Waals surface area contributed by atoms with Crippen molar-refractivity contribution in [1.82, 2.24) is 0 Å². The number of para-hydroxylation sites is 1. The van der Waals surface area contributed by atoms with Crippen LogP contribution in [0.3, 0.4) is 0 Å². The van der Waals surface area contributed by atoms with Gasteiger partial charge in [0.1, 0.15) is 12.4 Å². The molecule has 4 nitrogen and oxygen atoms in total. The van der Waals surface area contributed by atoms with Gasteiger partial charge in [0.05, 0.1) is 17.0 Å². The predicted molar refractivity (Wildman–Crippen MR) is 125 cm³/mol. The molecule has 0 spiro atoms. The Hall–Kier alpha value is -2.89. The number of ether oxygens (including phenoxy) is 1. The van der Waals surface area contributed by atoms with E-state index in [1.807, 2.05) is 85.8 Å². The summed E-state index contributed by atoms with van der Waals surface area (Å²) in [6.45, 7) is 2.20. The second-order valence-corrected chi connectivity index (χ2v) is 8.15. The summed E-state index contributed by atoms with van der Waals surface area (Å²) in [6.07, 6.45) is 1.82. The molecule has 0 N–H and O–H groups in total. The molecular weight excluding hydrogens is 464 g/mol. The molecule has 1 amide bonds. The minimum atomic E-state index is -0.167. The molecule has 6 heteroatoms. The van der Waals surface area contributed by atoms with Crippen LogP contribution in [0.4, 0.5) is 5.69 Å². The third-order valence-electron chi connectivity index (χ3n) is 4.62. The predicted octanol–water partition coefficient (Wildman–Crippen LogP) is 6.49. The molecule has 0 unspecified atom stereocenters. The molecular formula is C24H18BrClN2O2. The smallest absolute Gasteiger partial charge is 0.280 e. The summed E-state index contributed by atoms with van der Waals surface area (Å²) < 4.78 is 6.93. The average Bonchev–Trinajstić information content (AvgIpc) is 3.02. The Kier molecular flexibility index (Phi) is 6.02. The van der Waals surface area contributed by atoms with Crippen molar-refractivity contribution in [2.24, 2.45) is 5.10 Å². The summed E-state index contributed by atoms with van der Waals surface area (Å²) in [5.41, 5.74) is 3.68. The molecule has 1 aliphatic heterocycles. The van der Waals surface area contributed by atoms with E-state index >= 15 is 0 Å². The van der Waals surface area contributed by atoms with Gasteiger partial charge in [0.25, 0.3) is 5.91 Å². The molecule has 150 valence electrons. The van der Waals surface area contributed by atoms with E-state index in [-0.39, 0.29) is 5.91 Å². The Balaban J connectivity index is 1.62. The highest BCUT2D eigenvalue weighted by Crippen LogP contribution is 2.30. The van der Waals surface area contributed by atoms with Gasteiger partial charge in [-0.3, -0.25) is 4.79 Å². The van der Waals surface area contributed by atoms with E-state index in [2.05, 4.69) is 21.0 Å². The van der Waals surface area contributed by atoms with E-state index in [9.17, 15) is 4.79 Å². The Bertz CT molecular complexity index is 1160. The number of nitrogens with zero attached hydrogens (tertiary/aromatic N) is 2. The molecule has 0 atom stereocenters. The zero-order valence-corrected chi connectivity index (χ0v) is 18.5. The lowest BCUT2D eigenvalue weighted by atomic mass is 10.1. The monoisotopic (exact) mass is 480 g/mol. The third kappa shape index (κ3) is 4.48. The lowest BCUT2D eigenvalue weighted by Gasteiger charge is -2.12. The minimum absolute atomic E-state index is 0.167. The van der Waals surface area contributed by atoms with Gasteiger partial charge in [-0.2, -0.15) is 10.1 Å². The Morgan fingerprint density at radius 1 is 1.07 bits per heavy atom. The van der Waals surface area contributed by atoms with Crippen molar-refractivity contribution in [1.29, 1.82) is 0 Å². The number of hydrogen-bond donors (Lipinski definition) is 0. The van der Waals surface area contributed by atoms with Gasteiger partial charge >= 0.3 is 0 Å². The van der Waals surface area contributed by atoms with Crippen LogP contribution in [0, 0.1) is 0 Å². The van der Waals surface area contributed by atoms with Gasteiger partial charge in [0.15, 0.2) is 0 Å². The van der Waals surface area contributed by atoms with E-state index in [4.69, 9.17) is 16.3 Å². The van der Waals surface area contributed by atoms with Crippen molar-refractivity contribution in [3.8, 4) is 5.75 Å². The highest BCUT2D eigenvalue weighted by atomic mass is 79.9. The fourth-order valence-corrected chi connectivity index (χ4v) is 3.73. The Labute approximate surface area is 188 Å². The van der Waals surface area contributed by atoms with Gasteiger partial charge in [-0.15, -0.1) is 0 Å². The first-order valence-electron chi connectivity index (χ1n) is 9.35. The van der Waals surface area contributed by atoms with Gasteiger partial charge in [-0.25, -0.2) is 0 Å². The molecule has 1 heterocycles. The van der Waals surface area contributed by atoms with Gasteiger partial charge in [-0.05, 0) is 61.0 Å². The first-order chi connectivity index (χ1) is 14.5. The second-order valence-electron chi connectivity index (χ2n) is 6.80. The molecule has 0 aromatic heterocycles. The molecule has 0 radical (unpaired) electrons. The van der Waals surface area contributed by atoms with Crippen molar-refractivity contribution in [2.75, 3.05) is 5.01 Å². The zero-order valence-electron chi connectivity index (χ0n) is 16.2. The topological polar surface area (TPSA) is 41.9 Å². The minimum Gasteiger partial charge on any atom is -0.488 e. The van der Waals surface area contributed by atoms with E-state index < -0.39 is 0 Å². The quantitative estimate of drug-likeness (QED) is 0.391. The maximum Gasteiger partial charge on any atom is 0.280 e. The number of benzene rings is 3. The number of halogens is 2. The fourth-order valence-electron chi connectivity index (χ4n) is 3.14. The molecule has 30 heavy (non-hydrogen) atoms. The summed E-state index contributed by atoms with van der Waals surface area (Å²) in [6, 6.07) is 22.6. The van der Waals surface area contributed by atoms with Crippen molar-refractivity contribution in [3.05, 3.63) is 99.0 Å². The van der Waals surface area contributed by atoms with E-state index in [1.54, 1.807) is 0 Å². The number of anilines is 1. The van der Waals surface area contributed by atoms with Crippen molar-refractivity contribution in [2.45, 2.75) is 13.5 Å². The highest BCUT2D eigenvalue weighted by Gasteiger charge is 2.28. The lowest BCUT2D eigenvalue weighted by Crippen LogP contribution is -2.21. The van der Waals surface area contributed by atoms with Crippen LogP contribution in [0.1, 0.15) is 18.1 Å². The molecule has 1 aliphatic rings. The average molecular weight is 482 g/mol. The summed E-state index contributed by atoms with van der Waals surface area (Å²) in [5, 5.41) is 6.53. The van der Waals surface area contributed by atoms with Gasteiger partial charge in [0, 0.05) is 15.1 Å². The first kappa shape index (κ1) is 20.4. The Morgan fingerprint density at radius 2 is 1.87 bits per heavy atom. The van der Waals surface area contributed by atoms with Crippen molar-refractivity contribution < 1.29 is 9.53 Å². The van der Waals surface area contributed by atoms with Gasteiger partial charge < -0.3 is 4.74 Å². The number of amides is 1. The van der Waals surface area contributed by atoms with Crippen LogP contribution >= 0.6 is 27.5 Å². The summed E-state index contributed by atoms with van der Waals surface area (Å²) >= 11 is 9.56. The third-order valence-corrected chi connectivity index (χ3v) is 5.35. The lowest BCUT2D eigenvalue weighted by molar-refractivity contribution is -0.114. The zero-order chi connectivity index (χ0) is 21.1. The van der Waals surface area contributed by atoms with Gasteiger partial charge in [-0.1, -0.05) is 57.9 Å². The molecule has 3 aromatic carbocycles. The van der Waals surface area contributed by atoms with Crippen molar-refractivity contribution in [3.63, 3.8) is 0 Å². The standard InChI is InChI=1S/C24H18BrClN2O2/c1-16-22(24(29)28(27-16)21-8-3-2-4-9-21)14-18-13-19(25)10-11-23(18)30-15-17-6-5-7-20(26)12-17/h2-14H,15H2,1H3/b22-14+. The van der Waals surface area contributed by atoms with Crippen LogP contribution in [0.2, 0.25) is 5.02 Å². The molecule has 0 saturated carbocycles. The number of hydrogen-bond acceptors (Lipinski definition) is 3. The van der Waals surface area contributed by atoms with E-state index in [0.717, 1.165) is 21.3 Å². The Morgan fingerprint density at radius 3 is 2.63 bits per heavy atom. The molecule has 4 rings (SSSR count). The van der Waals surface area contributed by atoms with Crippen LogP contribution in [-0.2, 0) is 11.4 Å². The van der Waals surface area contributed by atoms with Crippen molar-refractivity contribution >= 4 is 50.9 Å². The molecule has 3 aromatic rings. The maximum atomic E-state index is 13.0. The summed E-state index contributed by atoms with van der Waals surface area (Å²) in [7, 11) is 0. The molecule has 0 bridgehead atoms. The largest absolute Gasteiger partial charge is 0.488 e. The van der Waals surface area contributed by atoms with E-state index in [0.29, 0.717) is 28.7 Å². The van der Waals surface area contributed by atoms with E-state index in [1.165, 1.54) is 5.01 Å². The normalized spacial score (nSPS) is 14.9. The molecule has 0 fully saturated rings. The van der Waals surface area contributed by atoms with Crippen LogP contribution < -0.4 is 9.75 Å². The fraction of sp³-hybridized carbons (Fsp3) is 0.0833. The highest BCUT2D eigenvalue weighted by molar-refractivity contribution is 9.10. The number of carbonyl (C=O) groups is 1. The van der Waals surface area contributed by atoms with Crippen LogP contribution in [0.5, 0.6) is 5.75 Å². The SMILES string of the molecule is CC1=NN(c2ccccc2)C(=O)/C1=C/c1cc(Br)ccc1OCc1cccc(Cl)c1. The van der Waals surface area contributed by atoms with Crippen LogP contribution in [-0.4, -0.2) is 11.6 Å². The molecule has 0 saturated heterocycles.